The predicted octanol–water partition coefficient (Wildman–Crippen LogP) is 1.03. The summed E-state index contributed by atoms with van der Waals surface area (Å²) in [6.07, 6.45) is 0. The van der Waals surface area contributed by atoms with Crippen LogP contribution in [0.25, 0.3) is 0 Å². The molecule has 0 bridgehead atoms. The van der Waals surface area contributed by atoms with Crippen LogP contribution in [0, 0.1) is 0 Å². The van der Waals surface area contributed by atoms with Crippen molar-refractivity contribution in [3.05, 3.63) is 34.3 Å². The van der Waals surface area contributed by atoms with Gasteiger partial charge in [-0.05, 0) is 12.1 Å². The fourth-order valence-electron chi connectivity index (χ4n) is 0.695. The van der Waals surface area contributed by atoms with Gasteiger partial charge in [0.05, 0.1) is 0 Å². The van der Waals surface area contributed by atoms with Gasteiger partial charge in [-0.2, -0.15) is 5.10 Å². The van der Waals surface area contributed by atoms with E-state index in [1.165, 1.54) is 0 Å². The summed E-state index contributed by atoms with van der Waals surface area (Å²) in [5.74, 6) is 5.34. The van der Waals surface area contributed by atoms with Crippen LogP contribution in [-0.2, 0) is 0 Å². The second-order valence-electron chi connectivity index (χ2n) is 2.02. The van der Waals surface area contributed by atoms with E-state index in [4.69, 9.17) is 11.6 Å². The van der Waals surface area contributed by atoms with Crippen molar-refractivity contribution in [3.63, 3.8) is 0 Å². The fraction of sp³-hybridized carbons (Fsp3) is 0. The van der Waals surface area contributed by atoms with Gasteiger partial charge in [-0.15, -0.1) is 0 Å². The lowest BCUT2D eigenvalue weighted by Gasteiger charge is -1.97. The minimum absolute atomic E-state index is 0.345. The van der Waals surface area contributed by atoms with Gasteiger partial charge in [0.25, 0.3) is 0 Å². The van der Waals surface area contributed by atoms with Crippen molar-refractivity contribution in [3.8, 4) is 0 Å². The number of halogens is 1. The fourth-order valence-corrected chi connectivity index (χ4v) is 0.960. The first kappa shape index (κ1) is 8.07. The molecule has 0 heterocycles. The number of nitrogens with zero attached hydrogens (tertiary/aromatic N) is 1. The molecule has 0 amide bonds. The summed E-state index contributed by atoms with van der Waals surface area (Å²) in [6, 6.07) is 7.45. The summed E-state index contributed by atoms with van der Waals surface area (Å²) >= 11 is 3.30. The van der Waals surface area contributed by atoms with Gasteiger partial charge in [0.1, 0.15) is 5.84 Å². The Morgan fingerprint density at radius 2 is 1.82 bits per heavy atom. The Bertz CT molecular complexity index is 266. The molecule has 0 atom stereocenters. The number of hydrogen-bond acceptors (Lipinski definition) is 2. The van der Waals surface area contributed by atoms with Crippen molar-refractivity contribution in [2.24, 2.45) is 16.7 Å². The lowest BCUT2D eigenvalue weighted by Crippen LogP contribution is -2.14. The Morgan fingerprint density at radius 1 is 1.27 bits per heavy atom. The van der Waals surface area contributed by atoms with E-state index >= 15 is 0 Å². The van der Waals surface area contributed by atoms with Crippen molar-refractivity contribution < 1.29 is 0 Å². The van der Waals surface area contributed by atoms with Crippen molar-refractivity contribution in [2.45, 2.75) is 0 Å². The molecule has 0 fully saturated rings. The highest BCUT2D eigenvalue weighted by atomic mass is 79.9. The molecule has 0 aliphatic rings. The molecular formula is C7H8BrN3. The molecule has 0 unspecified atom stereocenters. The Kier molecular flexibility index (Phi) is 2.48. The molecule has 0 radical (unpaired) electrons. The van der Waals surface area contributed by atoms with Gasteiger partial charge in [0.15, 0.2) is 0 Å². The summed E-state index contributed by atoms with van der Waals surface area (Å²) in [6.45, 7) is 0. The number of rotatable bonds is 1. The van der Waals surface area contributed by atoms with Crippen molar-refractivity contribution >= 4 is 21.8 Å². The monoisotopic (exact) mass is 213 g/mol. The summed E-state index contributed by atoms with van der Waals surface area (Å²) in [5.41, 5.74) is 6.28. The zero-order valence-corrected chi connectivity index (χ0v) is 7.38. The molecule has 1 aromatic rings. The Labute approximate surface area is 73.2 Å². The van der Waals surface area contributed by atoms with Gasteiger partial charge in [-0.25, -0.2) is 0 Å². The van der Waals surface area contributed by atoms with E-state index in [1.807, 2.05) is 24.3 Å². The van der Waals surface area contributed by atoms with E-state index < -0.39 is 0 Å². The third kappa shape index (κ3) is 1.94. The topological polar surface area (TPSA) is 64.4 Å². The van der Waals surface area contributed by atoms with Gasteiger partial charge in [0, 0.05) is 10.0 Å². The predicted molar refractivity (Wildman–Crippen MR) is 49.1 cm³/mol. The maximum Gasteiger partial charge on any atom is 0.150 e. The zero-order valence-electron chi connectivity index (χ0n) is 5.79. The first-order valence-electron chi connectivity index (χ1n) is 3.03. The number of benzene rings is 1. The van der Waals surface area contributed by atoms with E-state index in [-0.39, 0.29) is 0 Å². The Hall–Kier alpha value is -1.03. The first-order chi connectivity index (χ1) is 5.24. The van der Waals surface area contributed by atoms with Crippen LogP contribution in [0.1, 0.15) is 5.56 Å². The highest BCUT2D eigenvalue weighted by Crippen LogP contribution is 2.09. The summed E-state index contributed by atoms with van der Waals surface area (Å²) in [5, 5.41) is 3.37. The molecular weight excluding hydrogens is 206 g/mol. The average Bonchev–Trinajstić information content (AvgIpc) is 2.05. The summed E-state index contributed by atoms with van der Waals surface area (Å²) in [4.78, 5) is 0. The molecule has 0 aromatic heterocycles. The van der Waals surface area contributed by atoms with E-state index in [2.05, 4.69) is 21.0 Å². The molecule has 0 saturated carbocycles. The Balaban J connectivity index is 2.99. The third-order valence-electron chi connectivity index (χ3n) is 1.28. The highest BCUT2D eigenvalue weighted by Gasteiger charge is 1.95. The van der Waals surface area contributed by atoms with Gasteiger partial charge in [-0.3, -0.25) is 0 Å². The molecule has 4 N–H and O–H groups in total. The van der Waals surface area contributed by atoms with Crippen molar-refractivity contribution in [2.75, 3.05) is 0 Å². The van der Waals surface area contributed by atoms with Gasteiger partial charge in [-0.1, -0.05) is 28.1 Å². The van der Waals surface area contributed by atoms with E-state index in [0.29, 0.717) is 5.84 Å². The molecule has 0 aliphatic heterocycles. The molecule has 0 spiro atoms. The molecule has 1 rings (SSSR count). The van der Waals surface area contributed by atoms with Crippen LogP contribution in [0.5, 0.6) is 0 Å². The second kappa shape index (κ2) is 3.39. The van der Waals surface area contributed by atoms with Crippen LogP contribution in [-0.4, -0.2) is 5.84 Å². The lowest BCUT2D eigenvalue weighted by molar-refractivity contribution is 1.23. The normalized spacial score (nSPS) is 11.5. The van der Waals surface area contributed by atoms with Crippen molar-refractivity contribution in [1.82, 2.24) is 0 Å². The molecule has 58 valence electrons. The van der Waals surface area contributed by atoms with Gasteiger partial charge >= 0.3 is 0 Å². The van der Waals surface area contributed by atoms with Gasteiger partial charge in [0.2, 0.25) is 0 Å². The van der Waals surface area contributed by atoms with Crippen LogP contribution in [0.2, 0.25) is 0 Å². The molecule has 0 saturated heterocycles. The smallest absolute Gasteiger partial charge is 0.150 e. The van der Waals surface area contributed by atoms with E-state index in [0.717, 1.165) is 10.0 Å². The highest BCUT2D eigenvalue weighted by molar-refractivity contribution is 9.10. The lowest BCUT2D eigenvalue weighted by atomic mass is 10.2. The van der Waals surface area contributed by atoms with Crippen LogP contribution < -0.4 is 11.6 Å². The number of hydrazone groups is 1. The largest absolute Gasteiger partial charge is 0.382 e. The quantitative estimate of drug-likeness (QED) is 0.317. The zero-order chi connectivity index (χ0) is 8.27. The van der Waals surface area contributed by atoms with E-state index in [1.54, 1.807) is 0 Å². The summed E-state index contributed by atoms with van der Waals surface area (Å²) < 4.78 is 1.01. The Morgan fingerprint density at radius 3 is 2.27 bits per heavy atom. The minimum atomic E-state index is 0.345. The minimum Gasteiger partial charge on any atom is -0.382 e. The first-order valence-corrected chi connectivity index (χ1v) is 3.82. The maximum atomic E-state index is 5.45. The number of amidine groups is 1. The average molecular weight is 214 g/mol. The second-order valence-corrected chi connectivity index (χ2v) is 2.94. The third-order valence-corrected chi connectivity index (χ3v) is 1.81. The molecule has 1 aromatic carbocycles. The van der Waals surface area contributed by atoms with Crippen LogP contribution in [0.4, 0.5) is 0 Å². The summed E-state index contributed by atoms with van der Waals surface area (Å²) in [7, 11) is 0. The number of hydrogen-bond donors (Lipinski definition) is 2. The SMILES string of the molecule is N/N=C(/N)c1ccc(Br)cc1. The maximum absolute atomic E-state index is 5.45. The van der Waals surface area contributed by atoms with Crippen LogP contribution >= 0.6 is 15.9 Å². The molecule has 3 nitrogen and oxygen atoms in total. The van der Waals surface area contributed by atoms with E-state index in [9.17, 15) is 0 Å². The standard InChI is InChI=1S/C7H8BrN3/c8-6-3-1-5(2-4-6)7(9)11-10/h1-4H,10H2,(H2,9,11). The molecule has 11 heavy (non-hydrogen) atoms. The molecule has 4 heteroatoms. The number of nitrogens with two attached hydrogens (primary N) is 2. The van der Waals surface area contributed by atoms with Crippen molar-refractivity contribution in [1.29, 1.82) is 0 Å². The van der Waals surface area contributed by atoms with Gasteiger partial charge < -0.3 is 11.6 Å². The molecule has 0 aliphatic carbocycles. The van der Waals surface area contributed by atoms with Crippen LogP contribution in [0.15, 0.2) is 33.8 Å². The van der Waals surface area contributed by atoms with Crippen LogP contribution in [0.3, 0.4) is 0 Å².